The fourth-order valence-electron chi connectivity index (χ4n) is 2.98. The van der Waals surface area contributed by atoms with Gasteiger partial charge in [-0.3, -0.25) is 9.78 Å². The molecule has 144 valence electrons. The maximum atomic E-state index is 13.2. The topological polar surface area (TPSA) is 78.3 Å². The van der Waals surface area contributed by atoms with E-state index in [9.17, 15) is 13.6 Å². The lowest BCUT2D eigenvalue weighted by atomic mass is 10.1. The predicted octanol–water partition coefficient (Wildman–Crippen LogP) is 3.85. The Bertz CT molecular complexity index is 1050. The van der Waals surface area contributed by atoms with Gasteiger partial charge in [0.2, 0.25) is 0 Å². The van der Waals surface area contributed by atoms with Crippen molar-refractivity contribution in [2.45, 2.75) is 26.7 Å². The van der Waals surface area contributed by atoms with E-state index in [1.54, 1.807) is 19.1 Å². The largest absolute Gasteiger partial charge is 0.586 e. The molecule has 9 heteroatoms. The Morgan fingerprint density at radius 1 is 1.21 bits per heavy atom. The summed E-state index contributed by atoms with van der Waals surface area (Å²) in [6, 6.07) is 6.40. The molecule has 0 atom stereocenters. The number of ether oxygens (including phenoxy) is 2. The van der Waals surface area contributed by atoms with Gasteiger partial charge in [0.05, 0.1) is 18.1 Å². The Morgan fingerprint density at radius 2 is 1.96 bits per heavy atom. The van der Waals surface area contributed by atoms with Gasteiger partial charge >= 0.3 is 6.29 Å². The average Bonchev–Trinajstić information content (AvgIpc) is 3.24. The summed E-state index contributed by atoms with van der Waals surface area (Å²) in [5.74, 6) is -0.106. The number of fused-ring (bicyclic) bond motifs is 1. The van der Waals surface area contributed by atoms with Crippen molar-refractivity contribution in [2.24, 2.45) is 0 Å². The first-order chi connectivity index (χ1) is 13.4. The molecule has 0 aliphatic carbocycles. The van der Waals surface area contributed by atoms with Crippen molar-refractivity contribution in [1.29, 1.82) is 0 Å². The van der Waals surface area contributed by atoms with Crippen molar-refractivity contribution in [1.82, 2.24) is 14.5 Å². The quantitative estimate of drug-likeness (QED) is 0.737. The highest BCUT2D eigenvalue weighted by Gasteiger charge is 2.43. The van der Waals surface area contributed by atoms with Crippen LogP contribution in [-0.2, 0) is 6.54 Å². The van der Waals surface area contributed by atoms with Crippen molar-refractivity contribution < 1.29 is 23.0 Å². The predicted molar refractivity (Wildman–Crippen MR) is 96.5 cm³/mol. The summed E-state index contributed by atoms with van der Waals surface area (Å²) in [5, 5.41) is 2.69. The van der Waals surface area contributed by atoms with Crippen LogP contribution < -0.4 is 14.8 Å². The number of hydrogen-bond donors (Lipinski definition) is 1. The second-order valence-electron chi connectivity index (χ2n) is 6.20. The van der Waals surface area contributed by atoms with Gasteiger partial charge in [-0.2, -0.15) is 0 Å². The van der Waals surface area contributed by atoms with E-state index in [1.165, 1.54) is 24.5 Å². The van der Waals surface area contributed by atoms with Gasteiger partial charge in [-0.25, -0.2) is 4.98 Å². The summed E-state index contributed by atoms with van der Waals surface area (Å²) < 4.78 is 37.2. The number of alkyl halides is 2. The number of benzene rings is 1. The van der Waals surface area contributed by atoms with Gasteiger partial charge in [0.15, 0.2) is 17.3 Å². The van der Waals surface area contributed by atoms with Crippen LogP contribution in [0.1, 0.15) is 23.0 Å². The van der Waals surface area contributed by atoms with E-state index in [0.29, 0.717) is 29.1 Å². The average molecular weight is 386 g/mol. The summed E-state index contributed by atoms with van der Waals surface area (Å²) in [4.78, 5) is 20.8. The number of hydrogen-bond acceptors (Lipinski definition) is 5. The molecule has 1 aliphatic rings. The van der Waals surface area contributed by atoms with E-state index >= 15 is 0 Å². The molecule has 0 fully saturated rings. The first kappa shape index (κ1) is 17.9. The zero-order valence-electron chi connectivity index (χ0n) is 15.1. The summed E-state index contributed by atoms with van der Waals surface area (Å²) in [5.41, 5.74) is 2.21. The molecule has 0 bridgehead atoms. The van der Waals surface area contributed by atoms with Crippen molar-refractivity contribution >= 4 is 11.7 Å². The first-order valence-corrected chi connectivity index (χ1v) is 8.55. The van der Waals surface area contributed by atoms with E-state index in [0.717, 1.165) is 0 Å². The Kier molecular flexibility index (Phi) is 4.21. The molecule has 0 spiro atoms. The number of carbonyl (C=O) groups is 1. The molecule has 3 heterocycles. The number of rotatable bonds is 4. The number of halogens is 2. The first-order valence-electron chi connectivity index (χ1n) is 8.55. The summed E-state index contributed by atoms with van der Waals surface area (Å²) in [7, 11) is 0. The third-order valence-electron chi connectivity index (χ3n) is 4.32. The molecule has 0 saturated carbocycles. The molecule has 7 nitrogen and oxygen atoms in total. The van der Waals surface area contributed by atoms with Crippen LogP contribution in [0.3, 0.4) is 0 Å². The van der Waals surface area contributed by atoms with E-state index in [1.807, 2.05) is 17.7 Å². The van der Waals surface area contributed by atoms with E-state index < -0.39 is 6.29 Å². The molecule has 0 radical (unpaired) electrons. The van der Waals surface area contributed by atoms with Gasteiger partial charge in [-0.05, 0) is 43.7 Å². The van der Waals surface area contributed by atoms with E-state index in [-0.39, 0.29) is 23.2 Å². The number of nitrogens with one attached hydrogen (secondary N) is 1. The monoisotopic (exact) mass is 386 g/mol. The number of aryl methyl sites for hydroxylation is 2. The zero-order chi connectivity index (χ0) is 19.9. The number of amides is 1. The molecular formula is C19H16F2N4O3. The van der Waals surface area contributed by atoms with Crippen LogP contribution in [0, 0.1) is 6.92 Å². The van der Waals surface area contributed by atoms with Crippen LogP contribution in [0.4, 0.5) is 14.6 Å². The Balaban J connectivity index is 1.55. The fourth-order valence-corrected chi connectivity index (χ4v) is 2.98. The van der Waals surface area contributed by atoms with Gasteiger partial charge in [-0.1, -0.05) is 0 Å². The Hall–Kier alpha value is -3.49. The lowest BCUT2D eigenvalue weighted by Crippen LogP contribution is -2.25. The summed E-state index contributed by atoms with van der Waals surface area (Å²) >= 11 is 0. The van der Waals surface area contributed by atoms with Crippen molar-refractivity contribution in [3.8, 4) is 22.8 Å². The molecule has 1 aromatic carbocycles. The van der Waals surface area contributed by atoms with Crippen LogP contribution in [0.25, 0.3) is 11.3 Å². The Morgan fingerprint density at radius 3 is 2.64 bits per heavy atom. The van der Waals surface area contributed by atoms with E-state index in [2.05, 4.69) is 24.8 Å². The Labute approximate surface area is 158 Å². The lowest BCUT2D eigenvalue weighted by Gasteiger charge is -2.09. The van der Waals surface area contributed by atoms with Gasteiger partial charge in [0, 0.05) is 18.3 Å². The third kappa shape index (κ3) is 3.26. The van der Waals surface area contributed by atoms with Crippen LogP contribution in [-0.4, -0.2) is 26.7 Å². The molecule has 1 amide bonds. The van der Waals surface area contributed by atoms with Crippen LogP contribution >= 0.6 is 0 Å². The minimum absolute atomic E-state index is 0.0259. The van der Waals surface area contributed by atoms with Crippen LogP contribution in [0.15, 0.2) is 42.9 Å². The number of anilines is 1. The van der Waals surface area contributed by atoms with E-state index in [4.69, 9.17) is 0 Å². The van der Waals surface area contributed by atoms with Crippen molar-refractivity contribution in [3.05, 3.63) is 54.1 Å². The van der Waals surface area contributed by atoms with Crippen LogP contribution in [0.2, 0.25) is 0 Å². The standard InChI is InChI=1S/C19H16F2N4O3/c1-3-25-6-4-5-14(25)18(26)24-17-10-22-13(9-23-17)12-8-16-15(7-11(12)2)27-19(20,21)28-16/h4-10H,3H2,1-2H3,(H,23,24,26). The molecule has 0 unspecified atom stereocenters. The van der Waals surface area contributed by atoms with Crippen molar-refractivity contribution in [3.63, 3.8) is 0 Å². The lowest BCUT2D eigenvalue weighted by molar-refractivity contribution is -0.286. The van der Waals surface area contributed by atoms with Gasteiger partial charge in [0.25, 0.3) is 5.91 Å². The van der Waals surface area contributed by atoms with Gasteiger partial charge in [-0.15, -0.1) is 8.78 Å². The number of carbonyl (C=O) groups excluding carboxylic acids is 1. The number of aromatic nitrogens is 3. The molecule has 1 N–H and O–H groups in total. The van der Waals surface area contributed by atoms with Crippen molar-refractivity contribution in [2.75, 3.05) is 5.32 Å². The van der Waals surface area contributed by atoms with Crippen LogP contribution in [0.5, 0.6) is 11.5 Å². The maximum Gasteiger partial charge on any atom is 0.586 e. The normalized spacial score (nSPS) is 14.1. The second-order valence-corrected chi connectivity index (χ2v) is 6.20. The molecule has 0 saturated heterocycles. The fraction of sp³-hybridized carbons (Fsp3) is 0.211. The highest BCUT2D eigenvalue weighted by molar-refractivity contribution is 6.02. The zero-order valence-corrected chi connectivity index (χ0v) is 15.1. The molecule has 2 aromatic heterocycles. The highest BCUT2D eigenvalue weighted by atomic mass is 19.3. The second kappa shape index (κ2) is 6.59. The molecular weight excluding hydrogens is 370 g/mol. The molecule has 3 aromatic rings. The summed E-state index contributed by atoms with van der Waals surface area (Å²) in [6.45, 7) is 4.35. The molecule has 28 heavy (non-hydrogen) atoms. The minimum atomic E-state index is -3.68. The minimum Gasteiger partial charge on any atom is -0.395 e. The SMILES string of the molecule is CCn1cccc1C(=O)Nc1cnc(-c2cc3c(cc2C)OC(F)(F)O3)cn1. The third-order valence-corrected chi connectivity index (χ3v) is 4.32. The molecule has 4 rings (SSSR count). The summed E-state index contributed by atoms with van der Waals surface area (Å²) in [6.07, 6.45) is 1.00. The smallest absolute Gasteiger partial charge is 0.395 e. The van der Waals surface area contributed by atoms with Gasteiger partial charge < -0.3 is 19.4 Å². The maximum absolute atomic E-state index is 13.2. The highest BCUT2D eigenvalue weighted by Crippen LogP contribution is 2.44. The molecule has 1 aliphatic heterocycles. The van der Waals surface area contributed by atoms with Gasteiger partial charge in [0.1, 0.15) is 5.69 Å². The number of nitrogens with zero attached hydrogens (tertiary/aromatic N) is 3.